The highest BCUT2D eigenvalue weighted by molar-refractivity contribution is 8.14. The second-order valence-electron chi connectivity index (χ2n) is 2.50. The summed E-state index contributed by atoms with van der Waals surface area (Å²) in [4.78, 5) is 23.3. The van der Waals surface area contributed by atoms with E-state index < -0.39 is 0 Å². The second kappa shape index (κ2) is 5.21. The van der Waals surface area contributed by atoms with E-state index in [4.69, 9.17) is 10.5 Å². The van der Waals surface area contributed by atoms with E-state index >= 15 is 0 Å². The smallest absolute Gasteiger partial charge is 0.288 e. The first-order valence-electron chi connectivity index (χ1n) is 4.00. The quantitative estimate of drug-likeness (QED) is 0.620. The summed E-state index contributed by atoms with van der Waals surface area (Å²) in [6.45, 7) is 1.62. The van der Waals surface area contributed by atoms with Gasteiger partial charge in [0.15, 0.2) is 0 Å². The normalized spacial score (nSPS) is 17.2. The third-order valence-electron chi connectivity index (χ3n) is 1.56. The van der Waals surface area contributed by atoms with Gasteiger partial charge in [-0.1, -0.05) is 11.8 Å². The first-order chi connectivity index (χ1) is 6.25. The van der Waals surface area contributed by atoms with Gasteiger partial charge in [0.1, 0.15) is 0 Å². The number of ether oxygens (including phenoxy) is 1. The molecule has 0 saturated carbocycles. The van der Waals surface area contributed by atoms with Crippen molar-refractivity contribution in [3.63, 3.8) is 0 Å². The molecule has 1 aliphatic rings. The predicted molar refractivity (Wildman–Crippen MR) is 49.4 cm³/mol. The summed E-state index contributed by atoms with van der Waals surface area (Å²) in [7, 11) is 0. The van der Waals surface area contributed by atoms with Crippen molar-refractivity contribution in [1.29, 1.82) is 0 Å². The molecule has 0 radical (unpaired) electrons. The Morgan fingerprint density at radius 3 is 2.77 bits per heavy atom. The Morgan fingerprint density at radius 2 is 2.23 bits per heavy atom. The summed E-state index contributed by atoms with van der Waals surface area (Å²) in [6.07, 6.45) is 0. The van der Waals surface area contributed by atoms with Crippen molar-refractivity contribution < 1.29 is 14.3 Å². The monoisotopic (exact) mass is 204 g/mol. The first kappa shape index (κ1) is 10.5. The van der Waals surface area contributed by atoms with Crippen molar-refractivity contribution in [2.45, 2.75) is 0 Å². The molecule has 6 heteroatoms. The average Bonchev–Trinajstić information content (AvgIpc) is 2.42. The fourth-order valence-corrected chi connectivity index (χ4v) is 1.69. The van der Waals surface area contributed by atoms with Crippen LogP contribution in [0.4, 0.5) is 4.79 Å². The van der Waals surface area contributed by atoms with E-state index in [0.29, 0.717) is 26.3 Å². The van der Waals surface area contributed by atoms with Crippen LogP contribution in [0.5, 0.6) is 0 Å². The highest BCUT2D eigenvalue weighted by Gasteiger charge is 2.29. The number of amides is 2. The van der Waals surface area contributed by atoms with Crippen LogP contribution in [0.1, 0.15) is 0 Å². The Bertz CT molecular complexity index is 194. The van der Waals surface area contributed by atoms with Crippen LogP contribution in [-0.2, 0) is 9.53 Å². The number of thioether (sulfide) groups is 1. The Labute approximate surface area is 80.6 Å². The van der Waals surface area contributed by atoms with E-state index in [9.17, 15) is 9.59 Å². The number of nitrogens with two attached hydrogens (primary N) is 1. The molecule has 0 unspecified atom stereocenters. The van der Waals surface area contributed by atoms with E-state index in [1.165, 1.54) is 4.90 Å². The number of imide groups is 1. The van der Waals surface area contributed by atoms with Crippen molar-refractivity contribution in [3.8, 4) is 0 Å². The van der Waals surface area contributed by atoms with Gasteiger partial charge in [0.2, 0.25) is 5.91 Å². The van der Waals surface area contributed by atoms with E-state index in [1.807, 2.05) is 0 Å². The molecule has 0 bridgehead atoms. The summed E-state index contributed by atoms with van der Waals surface area (Å²) in [5.41, 5.74) is 5.20. The number of carbonyl (C=O) groups is 2. The number of rotatable bonds is 5. The van der Waals surface area contributed by atoms with Gasteiger partial charge in [-0.05, 0) is 0 Å². The van der Waals surface area contributed by atoms with Crippen LogP contribution in [0.25, 0.3) is 0 Å². The van der Waals surface area contributed by atoms with Gasteiger partial charge in [0, 0.05) is 6.54 Å². The molecule has 5 nitrogen and oxygen atoms in total. The number of carbonyl (C=O) groups excluding carboxylic acids is 2. The molecule has 0 aliphatic carbocycles. The Hall–Kier alpha value is -0.590. The summed E-state index contributed by atoms with van der Waals surface area (Å²) in [5, 5.41) is -0.179. The van der Waals surface area contributed by atoms with Crippen LogP contribution in [0.3, 0.4) is 0 Å². The molecule has 0 aromatic rings. The third-order valence-corrected chi connectivity index (χ3v) is 2.42. The number of hydrogen-bond donors (Lipinski definition) is 1. The Morgan fingerprint density at radius 1 is 1.46 bits per heavy atom. The maximum absolute atomic E-state index is 11.1. The molecule has 1 aliphatic heterocycles. The molecule has 0 spiro atoms. The van der Waals surface area contributed by atoms with Crippen molar-refractivity contribution in [1.82, 2.24) is 4.90 Å². The van der Waals surface area contributed by atoms with Crippen LogP contribution in [-0.4, -0.2) is 48.1 Å². The summed E-state index contributed by atoms with van der Waals surface area (Å²) in [5.74, 6) is 0.127. The van der Waals surface area contributed by atoms with Gasteiger partial charge in [0.05, 0.1) is 25.5 Å². The zero-order chi connectivity index (χ0) is 9.68. The van der Waals surface area contributed by atoms with E-state index in [2.05, 4.69) is 0 Å². The van der Waals surface area contributed by atoms with Gasteiger partial charge in [-0.2, -0.15) is 0 Å². The van der Waals surface area contributed by atoms with Crippen LogP contribution in [0, 0.1) is 0 Å². The molecule has 0 aromatic heterocycles. The maximum atomic E-state index is 11.1. The molecular weight excluding hydrogens is 192 g/mol. The Kier molecular flexibility index (Phi) is 4.20. The van der Waals surface area contributed by atoms with Crippen molar-refractivity contribution in [2.24, 2.45) is 5.73 Å². The summed E-state index contributed by atoms with van der Waals surface area (Å²) < 4.78 is 5.06. The zero-order valence-electron chi connectivity index (χ0n) is 7.19. The third kappa shape index (κ3) is 2.98. The molecule has 1 heterocycles. The topological polar surface area (TPSA) is 72.6 Å². The number of hydrogen-bond acceptors (Lipinski definition) is 5. The fraction of sp³-hybridized carbons (Fsp3) is 0.714. The fourth-order valence-electron chi connectivity index (χ4n) is 0.938. The first-order valence-corrected chi connectivity index (χ1v) is 4.99. The maximum Gasteiger partial charge on any atom is 0.288 e. The van der Waals surface area contributed by atoms with Gasteiger partial charge in [-0.3, -0.25) is 14.5 Å². The lowest BCUT2D eigenvalue weighted by Gasteiger charge is -2.11. The highest BCUT2D eigenvalue weighted by Crippen LogP contribution is 2.17. The lowest BCUT2D eigenvalue weighted by atomic mass is 10.5. The van der Waals surface area contributed by atoms with Gasteiger partial charge < -0.3 is 10.5 Å². The number of nitrogens with zero attached hydrogens (tertiary/aromatic N) is 1. The Balaban J connectivity index is 2.20. The highest BCUT2D eigenvalue weighted by atomic mass is 32.2. The molecule has 0 atom stereocenters. The molecular formula is C7H12N2O3S. The minimum absolute atomic E-state index is 0.133. The van der Waals surface area contributed by atoms with Crippen molar-refractivity contribution in [2.75, 3.05) is 32.1 Å². The second-order valence-corrected chi connectivity index (χ2v) is 3.43. The molecule has 2 amide bonds. The van der Waals surface area contributed by atoms with Crippen LogP contribution < -0.4 is 5.73 Å². The van der Waals surface area contributed by atoms with Crippen LogP contribution in [0.2, 0.25) is 0 Å². The molecule has 0 aromatic carbocycles. The molecule has 2 N–H and O–H groups in total. The predicted octanol–water partition coefficient (Wildman–Crippen LogP) is -0.343. The molecule has 13 heavy (non-hydrogen) atoms. The van der Waals surface area contributed by atoms with Crippen molar-refractivity contribution in [3.05, 3.63) is 0 Å². The molecule has 1 saturated heterocycles. The van der Waals surface area contributed by atoms with Gasteiger partial charge in [-0.25, -0.2) is 0 Å². The molecule has 74 valence electrons. The standard InChI is InChI=1S/C7H12N2O3S/c8-1-3-12-4-2-9-6(10)5-13-7(9)11/h1-5,8H2. The van der Waals surface area contributed by atoms with Gasteiger partial charge in [-0.15, -0.1) is 0 Å². The zero-order valence-corrected chi connectivity index (χ0v) is 8.01. The summed E-state index contributed by atoms with van der Waals surface area (Å²) in [6, 6.07) is 0. The SMILES string of the molecule is NCCOCCN1C(=O)CSC1=O. The lowest BCUT2D eigenvalue weighted by Crippen LogP contribution is -2.32. The minimum atomic E-state index is -0.179. The van der Waals surface area contributed by atoms with E-state index in [0.717, 1.165) is 11.8 Å². The minimum Gasteiger partial charge on any atom is -0.378 e. The molecule has 1 fully saturated rings. The van der Waals surface area contributed by atoms with Crippen LogP contribution >= 0.6 is 11.8 Å². The van der Waals surface area contributed by atoms with Crippen LogP contribution in [0.15, 0.2) is 0 Å². The van der Waals surface area contributed by atoms with E-state index in [1.54, 1.807) is 0 Å². The van der Waals surface area contributed by atoms with Gasteiger partial charge >= 0.3 is 0 Å². The average molecular weight is 204 g/mol. The van der Waals surface area contributed by atoms with Crippen molar-refractivity contribution >= 4 is 22.9 Å². The van der Waals surface area contributed by atoms with E-state index in [-0.39, 0.29) is 16.9 Å². The largest absolute Gasteiger partial charge is 0.378 e. The lowest BCUT2D eigenvalue weighted by molar-refractivity contribution is -0.125. The summed E-state index contributed by atoms with van der Waals surface area (Å²) >= 11 is 1.03. The molecule has 1 rings (SSSR count). The van der Waals surface area contributed by atoms with Gasteiger partial charge in [0.25, 0.3) is 5.24 Å².